The molecule has 0 saturated heterocycles. The van der Waals surface area contributed by atoms with Crippen molar-refractivity contribution in [2.45, 2.75) is 57.9 Å². The Morgan fingerprint density at radius 1 is 1.56 bits per heavy atom. The van der Waals surface area contributed by atoms with E-state index in [9.17, 15) is 0 Å². The van der Waals surface area contributed by atoms with Gasteiger partial charge in [0.15, 0.2) is 0 Å². The summed E-state index contributed by atoms with van der Waals surface area (Å²) in [5, 5.41) is 0. The van der Waals surface area contributed by atoms with Gasteiger partial charge in [0.1, 0.15) is 0 Å². The molecule has 0 fully saturated rings. The van der Waals surface area contributed by atoms with Gasteiger partial charge in [-0.25, -0.2) is 0 Å². The first-order chi connectivity index (χ1) is 8.76. The molecular weight excluding hydrogens is 222 g/mol. The van der Waals surface area contributed by atoms with E-state index in [0.717, 1.165) is 6.42 Å². The Balaban J connectivity index is 2.17. The maximum Gasteiger partial charge on any atom is 0.0482 e. The number of fused-ring (bicyclic) bond motifs is 1. The Kier molecular flexibility index (Phi) is 4.72. The van der Waals surface area contributed by atoms with E-state index in [2.05, 4.69) is 30.3 Å². The number of nitrogens with zero attached hydrogens (tertiary/aromatic N) is 1. The molecule has 0 saturated carbocycles. The maximum absolute atomic E-state index is 5.79. The summed E-state index contributed by atoms with van der Waals surface area (Å²) in [6.45, 7) is 4.54. The van der Waals surface area contributed by atoms with E-state index in [0.29, 0.717) is 17.9 Å². The lowest BCUT2D eigenvalue weighted by Gasteiger charge is -2.32. The number of hydrogen-bond donors (Lipinski definition) is 2. The molecule has 0 aliphatic heterocycles. The average molecular weight is 247 g/mol. The first-order valence-electron chi connectivity index (χ1n) is 7.16. The molecule has 100 valence electrons. The lowest BCUT2D eigenvalue weighted by Crippen LogP contribution is -2.42. The predicted octanol–water partition coefficient (Wildman–Crippen LogP) is 2.77. The van der Waals surface area contributed by atoms with Gasteiger partial charge in [-0.1, -0.05) is 26.3 Å². The second-order valence-corrected chi connectivity index (χ2v) is 5.57. The zero-order chi connectivity index (χ0) is 13.0. The monoisotopic (exact) mass is 247 g/mol. The number of nitrogens with one attached hydrogen (secondary N) is 1. The fourth-order valence-electron chi connectivity index (χ4n) is 2.99. The topological polar surface area (TPSA) is 50.9 Å². The van der Waals surface area contributed by atoms with Gasteiger partial charge in [0, 0.05) is 23.9 Å². The minimum absolute atomic E-state index is 0.355. The van der Waals surface area contributed by atoms with E-state index >= 15 is 0 Å². The summed E-state index contributed by atoms with van der Waals surface area (Å²) < 4.78 is 0. The molecule has 1 heterocycles. The standard InChI is InChI=1S/C15H25N3/c1-3-11(2)10-14(18-16)13-8-4-6-12-7-5-9-17-15(12)13/h5,7,9,11,13-14,18H,3-4,6,8,10,16H2,1-2H3. The Hall–Kier alpha value is -0.930. The van der Waals surface area contributed by atoms with E-state index in [1.807, 2.05) is 12.3 Å². The predicted molar refractivity (Wildman–Crippen MR) is 75.1 cm³/mol. The van der Waals surface area contributed by atoms with E-state index in [-0.39, 0.29) is 0 Å². The van der Waals surface area contributed by atoms with Gasteiger partial charge in [0.25, 0.3) is 0 Å². The van der Waals surface area contributed by atoms with Crippen LogP contribution in [0.2, 0.25) is 0 Å². The van der Waals surface area contributed by atoms with Crippen LogP contribution in [-0.4, -0.2) is 11.0 Å². The van der Waals surface area contributed by atoms with Crippen LogP contribution in [0.25, 0.3) is 0 Å². The molecule has 18 heavy (non-hydrogen) atoms. The van der Waals surface area contributed by atoms with Crippen molar-refractivity contribution in [2.75, 3.05) is 0 Å². The second kappa shape index (κ2) is 6.30. The first kappa shape index (κ1) is 13.5. The molecule has 3 N–H and O–H groups in total. The number of nitrogens with two attached hydrogens (primary N) is 1. The Morgan fingerprint density at radius 2 is 2.39 bits per heavy atom. The quantitative estimate of drug-likeness (QED) is 0.621. The number of pyridine rings is 1. The highest BCUT2D eigenvalue weighted by atomic mass is 15.2. The summed E-state index contributed by atoms with van der Waals surface area (Å²) in [6, 6.07) is 4.61. The van der Waals surface area contributed by atoms with Crippen LogP contribution in [0.5, 0.6) is 0 Å². The van der Waals surface area contributed by atoms with Crippen LogP contribution in [0.1, 0.15) is 56.7 Å². The zero-order valence-corrected chi connectivity index (χ0v) is 11.5. The van der Waals surface area contributed by atoms with Crippen LogP contribution in [0.15, 0.2) is 18.3 Å². The molecule has 3 heteroatoms. The lowest BCUT2D eigenvalue weighted by atomic mass is 9.79. The van der Waals surface area contributed by atoms with Gasteiger partial charge in [-0.2, -0.15) is 0 Å². The maximum atomic E-state index is 5.79. The zero-order valence-electron chi connectivity index (χ0n) is 11.5. The minimum Gasteiger partial charge on any atom is -0.271 e. The van der Waals surface area contributed by atoms with Crippen LogP contribution in [0.4, 0.5) is 0 Å². The van der Waals surface area contributed by atoms with Gasteiger partial charge in [-0.15, -0.1) is 0 Å². The third-order valence-electron chi connectivity index (χ3n) is 4.29. The molecule has 1 aliphatic carbocycles. The van der Waals surface area contributed by atoms with Crippen molar-refractivity contribution in [1.82, 2.24) is 10.4 Å². The molecule has 3 unspecified atom stereocenters. The summed E-state index contributed by atoms with van der Waals surface area (Å²) in [4.78, 5) is 4.61. The van der Waals surface area contributed by atoms with Crippen LogP contribution in [-0.2, 0) is 6.42 Å². The summed E-state index contributed by atoms with van der Waals surface area (Å²) in [5.41, 5.74) is 5.73. The van der Waals surface area contributed by atoms with Gasteiger partial charge < -0.3 is 0 Å². The largest absolute Gasteiger partial charge is 0.271 e. The highest BCUT2D eigenvalue weighted by molar-refractivity contribution is 5.27. The van der Waals surface area contributed by atoms with E-state index in [4.69, 9.17) is 5.84 Å². The third kappa shape index (κ3) is 2.90. The molecule has 0 spiro atoms. The summed E-state index contributed by atoms with van der Waals surface area (Å²) in [7, 11) is 0. The van der Waals surface area contributed by atoms with Crippen LogP contribution in [0, 0.1) is 5.92 Å². The van der Waals surface area contributed by atoms with Crippen molar-refractivity contribution >= 4 is 0 Å². The number of aryl methyl sites for hydroxylation is 1. The average Bonchev–Trinajstić information content (AvgIpc) is 2.44. The summed E-state index contributed by atoms with van der Waals surface area (Å²) >= 11 is 0. The second-order valence-electron chi connectivity index (χ2n) is 5.57. The van der Waals surface area contributed by atoms with Crippen molar-refractivity contribution in [3.8, 4) is 0 Å². The number of rotatable bonds is 5. The van der Waals surface area contributed by atoms with Gasteiger partial charge in [-0.05, 0) is 43.2 Å². The van der Waals surface area contributed by atoms with Gasteiger partial charge >= 0.3 is 0 Å². The van der Waals surface area contributed by atoms with E-state index in [1.165, 1.54) is 36.9 Å². The lowest BCUT2D eigenvalue weighted by molar-refractivity contribution is 0.324. The number of hydrogen-bond acceptors (Lipinski definition) is 3. The fraction of sp³-hybridized carbons (Fsp3) is 0.667. The molecule has 1 aromatic rings. The molecule has 1 aromatic heterocycles. The Bertz CT molecular complexity index is 378. The molecule has 0 bridgehead atoms. The van der Waals surface area contributed by atoms with Crippen molar-refractivity contribution in [3.63, 3.8) is 0 Å². The first-order valence-corrected chi connectivity index (χ1v) is 7.16. The molecule has 0 amide bonds. The third-order valence-corrected chi connectivity index (χ3v) is 4.29. The van der Waals surface area contributed by atoms with Crippen LogP contribution < -0.4 is 11.3 Å². The van der Waals surface area contributed by atoms with Crippen molar-refractivity contribution in [2.24, 2.45) is 11.8 Å². The molecule has 3 atom stereocenters. The smallest absolute Gasteiger partial charge is 0.0482 e. The van der Waals surface area contributed by atoms with Crippen LogP contribution >= 0.6 is 0 Å². The highest BCUT2D eigenvalue weighted by Gasteiger charge is 2.29. The normalized spacial score (nSPS) is 22.3. The SMILES string of the molecule is CCC(C)CC(NN)C1CCCc2cccnc21. The minimum atomic E-state index is 0.355. The number of hydrazine groups is 1. The van der Waals surface area contributed by atoms with Crippen molar-refractivity contribution < 1.29 is 0 Å². The summed E-state index contributed by atoms with van der Waals surface area (Å²) in [6.07, 6.45) is 7.87. The van der Waals surface area contributed by atoms with E-state index in [1.54, 1.807) is 0 Å². The highest BCUT2D eigenvalue weighted by Crippen LogP contribution is 2.34. The molecule has 0 radical (unpaired) electrons. The van der Waals surface area contributed by atoms with Gasteiger partial charge in [0.2, 0.25) is 0 Å². The molecule has 0 aromatic carbocycles. The van der Waals surface area contributed by atoms with Crippen molar-refractivity contribution in [1.29, 1.82) is 0 Å². The van der Waals surface area contributed by atoms with Crippen LogP contribution in [0.3, 0.4) is 0 Å². The molecule has 3 nitrogen and oxygen atoms in total. The van der Waals surface area contributed by atoms with Crippen molar-refractivity contribution in [3.05, 3.63) is 29.6 Å². The van der Waals surface area contributed by atoms with E-state index < -0.39 is 0 Å². The van der Waals surface area contributed by atoms with Gasteiger partial charge in [-0.3, -0.25) is 16.3 Å². The molecular formula is C15H25N3. The van der Waals surface area contributed by atoms with Gasteiger partial charge in [0.05, 0.1) is 0 Å². The molecule has 1 aliphatic rings. The summed E-state index contributed by atoms with van der Waals surface area (Å²) in [5.74, 6) is 6.97. The molecule has 2 rings (SSSR count). The Morgan fingerprint density at radius 3 is 3.11 bits per heavy atom. The number of aromatic nitrogens is 1. The fourth-order valence-corrected chi connectivity index (χ4v) is 2.99. The Labute approximate surface area is 110 Å².